The van der Waals surface area contributed by atoms with Gasteiger partial charge in [-0.05, 0) is 61.7 Å². The summed E-state index contributed by atoms with van der Waals surface area (Å²) in [5.74, 6) is 1.61. The van der Waals surface area contributed by atoms with Crippen LogP contribution < -0.4 is 10.5 Å². The van der Waals surface area contributed by atoms with Gasteiger partial charge in [0.2, 0.25) is 0 Å². The van der Waals surface area contributed by atoms with E-state index in [2.05, 4.69) is 19.9 Å². The average molecular weight is 276 g/mol. The molecule has 19 heavy (non-hydrogen) atoms. The highest BCUT2D eigenvalue weighted by molar-refractivity contribution is 6.31. The molecule has 0 aliphatic carbocycles. The van der Waals surface area contributed by atoms with Gasteiger partial charge in [0, 0.05) is 5.02 Å². The SMILES string of the molecule is Cc1cccc(Oc2ccc(CCN)c(Cl)c2)c1C. The molecule has 2 rings (SSSR count). The zero-order chi connectivity index (χ0) is 13.8. The van der Waals surface area contributed by atoms with E-state index in [1.807, 2.05) is 30.3 Å². The molecule has 0 bridgehead atoms. The summed E-state index contributed by atoms with van der Waals surface area (Å²) in [6.07, 6.45) is 0.780. The Hall–Kier alpha value is -1.51. The maximum Gasteiger partial charge on any atom is 0.130 e. The predicted octanol–water partition coefficient (Wildman–Crippen LogP) is 4.25. The summed E-state index contributed by atoms with van der Waals surface area (Å²) >= 11 is 6.21. The second-order valence-corrected chi connectivity index (χ2v) is 5.00. The molecule has 2 nitrogen and oxygen atoms in total. The van der Waals surface area contributed by atoms with E-state index >= 15 is 0 Å². The first kappa shape index (κ1) is 13.9. The Balaban J connectivity index is 2.24. The molecule has 0 aromatic heterocycles. The quantitative estimate of drug-likeness (QED) is 0.905. The van der Waals surface area contributed by atoms with Crippen LogP contribution in [-0.2, 0) is 6.42 Å². The number of hydrogen-bond donors (Lipinski definition) is 1. The number of halogens is 1. The van der Waals surface area contributed by atoms with Gasteiger partial charge in [0.15, 0.2) is 0 Å². The second kappa shape index (κ2) is 6.09. The van der Waals surface area contributed by atoms with Crippen molar-refractivity contribution in [3.8, 4) is 11.5 Å². The van der Waals surface area contributed by atoms with E-state index in [1.54, 1.807) is 0 Å². The van der Waals surface area contributed by atoms with Gasteiger partial charge in [-0.15, -0.1) is 0 Å². The third kappa shape index (κ3) is 3.28. The molecule has 100 valence electrons. The standard InChI is InChI=1S/C16H18ClNO/c1-11-4-3-5-16(12(11)2)19-14-7-6-13(8-9-18)15(17)10-14/h3-7,10H,8-9,18H2,1-2H3. The third-order valence-electron chi connectivity index (χ3n) is 3.22. The van der Waals surface area contributed by atoms with Gasteiger partial charge >= 0.3 is 0 Å². The van der Waals surface area contributed by atoms with Crippen molar-refractivity contribution in [3.05, 3.63) is 58.1 Å². The Morgan fingerprint density at radius 1 is 1.16 bits per heavy atom. The fourth-order valence-corrected chi connectivity index (χ4v) is 2.18. The highest BCUT2D eigenvalue weighted by Crippen LogP contribution is 2.29. The lowest BCUT2D eigenvalue weighted by Gasteiger charge is -2.11. The molecule has 0 spiro atoms. The minimum atomic E-state index is 0.594. The van der Waals surface area contributed by atoms with Gasteiger partial charge in [-0.3, -0.25) is 0 Å². The van der Waals surface area contributed by atoms with Crippen molar-refractivity contribution >= 4 is 11.6 Å². The summed E-state index contributed by atoms with van der Waals surface area (Å²) in [5, 5.41) is 0.702. The molecule has 0 aliphatic rings. The van der Waals surface area contributed by atoms with E-state index in [1.165, 1.54) is 5.56 Å². The maximum absolute atomic E-state index is 6.21. The van der Waals surface area contributed by atoms with E-state index < -0.39 is 0 Å². The summed E-state index contributed by atoms with van der Waals surface area (Å²) in [6, 6.07) is 11.8. The molecule has 0 aliphatic heterocycles. The van der Waals surface area contributed by atoms with Crippen molar-refractivity contribution in [2.24, 2.45) is 5.73 Å². The van der Waals surface area contributed by atoms with Gasteiger partial charge in [-0.25, -0.2) is 0 Å². The Bertz CT molecular complexity index is 581. The molecule has 3 heteroatoms. The molecule has 0 saturated carbocycles. The fraction of sp³-hybridized carbons (Fsp3) is 0.250. The number of ether oxygens (including phenoxy) is 1. The van der Waals surface area contributed by atoms with Gasteiger partial charge < -0.3 is 10.5 Å². The zero-order valence-electron chi connectivity index (χ0n) is 11.2. The van der Waals surface area contributed by atoms with Crippen LogP contribution in [0.4, 0.5) is 0 Å². The van der Waals surface area contributed by atoms with Crippen LogP contribution in [0, 0.1) is 13.8 Å². The summed E-state index contributed by atoms with van der Waals surface area (Å²) in [4.78, 5) is 0. The first-order chi connectivity index (χ1) is 9.11. The molecule has 0 unspecified atom stereocenters. The summed E-state index contributed by atoms with van der Waals surface area (Å²) < 4.78 is 5.89. The fourth-order valence-electron chi connectivity index (χ4n) is 1.91. The molecule has 0 fully saturated rings. The zero-order valence-corrected chi connectivity index (χ0v) is 12.0. The van der Waals surface area contributed by atoms with Gasteiger partial charge in [-0.2, -0.15) is 0 Å². The lowest BCUT2D eigenvalue weighted by Crippen LogP contribution is -2.03. The van der Waals surface area contributed by atoms with Crippen molar-refractivity contribution in [3.63, 3.8) is 0 Å². The lowest BCUT2D eigenvalue weighted by atomic mass is 10.1. The molecular weight excluding hydrogens is 258 g/mol. The molecule has 0 atom stereocenters. The van der Waals surface area contributed by atoms with Gasteiger partial charge in [0.25, 0.3) is 0 Å². The summed E-state index contributed by atoms with van der Waals surface area (Å²) in [6.45, 7) is 4.71. The van der Waals surface area contributed by atoms with Crippen molar-refractivity contribution in [1.82, 2.24) is 0 Å². The topological polar surface area (TPSA) is 35.2 Å². The highest BCUT2D eigenvalue weighted by atomic mass is 35.5. The van der Waals surface area contributed by atoms with Gasteiger partial charge in [-0.1, -0.05) is 29.8 Å². The number of benzene rings is 2. The number of nitrogens with two attached hydrogens (primary N) is 1. The van der Waals surface area contributed by atoms with E-state index in [-0.39, 0.29) is 0 Å². The van der Waals surface area contributed by atoms with Crippen LogP contribution >= 0.6 is 11.6 Å². The first-order valence-corrected chi connectivity index (χ1v) is 6.72. The Kier molecular flexibility index (Phi) is 4.46. The summed E-state index contributed by atoms with van der Waals surface area (Å²) in [5.41, 5.74) is 8.95. The van der Waals surface area contributed by atoms with Gasteiger partial charge in [0.05, 0.1) is 0 Å². The van der Waals surface area contributed by atoms with Crippen LogP contribution in [0.25, 0.3) is 0 Å². The average Bonchev–Trinajstić information content (AvgIpc) is 2.38. The molecule has 2 aromatic carbocycles. The van der Waals surface area contributed by atoms with Crippen molar-refractivity contribution in [2.45, 2.75) is 20.3 Å². The molecule has 2 aromatic rings. The monoisotopic (exact) mass is 275 g/mol. The molecule has 2 N–H and O–H groups in total. The maximum atomic E-state index is 6.21. The van der Waals surface area contributed by atoms with Gasteiger partial charge in [0.1, 0.15) is 11.5 Å². The highest BCUT2D eigenvalue weighted by Gasteiger charge is 2.06. The number of hydrogen-bond acceptors (Lipinski definition) is 2. The van der Waals surface area contributed by atoms with Crippen LogP contribution in [0.15, 0.2) is 36.4 Å². The smallest absolute Gasteiger partial charge is 0.130 e. The Labute approximate surface area is 119 Å². The summed E-state index contributed by atoms with van der Waals surface area (Å²) in [7, 11) is 0. The minimum Gasteiger partial charge on any atom is -0.457 e. The van der Waals surface area contributed by atoms with Crippen LogP contribution in [0.1, 0.15) is 16.7 Å². The normalized spacial score (nSPS) is 10.5. The molecular formula is C16H18ClNO. The number of aryl methyl sites for hydroxylation is 1. The molecule has 0 saturated heterocycles. The second-order valence-electron chi connectivity index (χ2n) is 4.59. The van der Waals surface area contributed by atoms with Crippen molar-refractivity contribution < 1.29 is 4.74 Å². The van der Waals surface area contributed by atoms with Crippen molar-refractivity contribution in [1.29, 1.82) is 0 Å². The van der Waals surface area contributed by atoms with Crippen LogP contribution in [0.3, 0.4) is 0 Å². The minimum absolute atomic E-state index is 0.594. The predicted molar refractivity (Wildman–Crippen MR) is 80.2 cm³/mol. The van der Waals surface area contributed by atoms with E-state index in [0.29, 0.717) is 11.6 Å². The first-order valence-electron chi connectivity index (χ1n) is 6.34. The Morgan fingerprint density at radius 3 is 2.63 bits per heavy atom. The third-order valence-corrected chi connectivity index (χ3v) is 3.57. The van der Waals surface area contributed by atoms with E-state index in [0.717, 1.165) is 29.0 Å². The van der Waals surface area contributed by atoms with Crippen LogP contribution in [0.5, 0.6) is 11.5 Å². The number of rotatable bonds is 4. The van der Waals surface area contributed by atoms with Crippen molar-refractivity contribution in [2.75, 3.05) is 6.54 Å². The molecule has 0 amide bonds. The van der Waals surface area contributed by atoms with E-state index in [9.17, 15) is 0 Å². The van der Waals surface area contributed by atoms with Crippen LogP contribution in [-0.4, -0.2) is 6.54 Å². The van der Waals surface area contributed by atoms with Crippen LogP contribution in [0.2, 0.25) is 5.02 Å². The molecule has 0 radical (unpaired) electrons. The van der Waals surface area contributed by atoms with E-state index in [4.69, 9.17) is 22.1 Å². The largest absolute Gasteiger partial charge is 0.457 e. The Morgan fingerprint density at radius 2 is 1.95 bits per heavy atom. The molecule has 0 heterocycles. The lowest BCUT2D eigenvalue weighted by molar-refractivity contribution is 0.478.